The molecule has 26 heavy (non-hydrogen) atoms. The molecule has 142 valence electrons. The van der Waals surface area contributed by atoms with E-state index in [9.17, 15) is 17.2 Å². The second kappa shape index (κ2) is 7.28. The lowest BCUT2D eigenvalue weighted by Crippen LogP contribution is -2.12. The molecule has 2 N–H and O–H groups in total. The van der Waals surface area contributed by atoms with E-state index in [0.717, 1.165) is 18.9 Å². The van der Waals surface area contributed by atoms with Crippen molar-refractivity contribution in [3.05, 3.63) is 53.6 Å². The number of nitrogens with two attached hydrogens (primary N) is 1. The molecule has 1 unspecified atom stereocenters. The number of rotatable bonds is 6. The molecule has 0 fully saturated rings. The summed E-state index contributed by atoms with van der Waals surface area (Å²) < 4.78 is 51.9. The molecule has 2 rings (SSSR count). The second-order valence-corrected chi connectivity index (χ2v) is 8.00. The van der Waals surface area contributed by atoms with Crippen molar-refractivity contribution in [1.82, 2.24) is 9.55 Å². The van der Waals surface area contributed by atoms with Gasteiger partial charge in [-0.25, -0.2) is 18.5 Å². The van der Waals surface area contributed by atoms with Gasteiger partial charge in [-0.15, -0.1) is 0 Å². The lowest BCUT2D eigenvalue weighted by molar-refractivity contribution is 0.0130. The molecule has 1 aromatic heterocycles. The number of hydrogen-bond acceptors (Lipinski definition) is 3. The smallest absolute Gasteiger partial charge is 0.288 e. The van der Waals surface area contributed by atoms with Gasteiger partial charge in [-0.2, -0.15) is 8.78 Å². The van der Waals surface area contributed by atoms with Gasteiger partial charge in [-0.3, -0.25) is 0 Å². The summed E-state index contributed by atoms with van der Waals surface area (Å²) in [6.07, 6.45) is 4.12. The van der Waals surface area contributed by atoms with Crippen LogP contribution in [-0.2, 0) is 15.9 Å². The molecule has 0 aliphatic heterocycles. The Hall–Kier alpha value is -2.06. The summed E-state index contributed by atoms with van der Waals surface area (Å²) in [7, 11) is -3.82. The maximum Gasteiger partial charge on any atom is 0.288 e. The monoisotopic (exact) mass is 383 g/mol. The first-order chi connectivity index (χ1) is 11.9. The van der Waals surface area contributed by atoms with Crippen molar-refractivity contribution in [3.8, 4) is 5.69 Å². The average Bonchev–Trinajstić information content (AvgIpc) is 2.99. The molecule has 0 spiro atoms. The minimum absolute atomic E-state index is 0.0428. The van der Waals surface area contributed by atoms with Crippen LogP contribution in [0, 0.1) is 0 Å². The van der Waals surface area contributed by atoms with E-state index < -0.39 is 15.9 Å². The minimum Gasteiger partial charge on any atom is -0.303 e. The Bertz CT molecular complexity index is 911. The first-order valence-corrected chi connectivity index (χ1v) is 9.76. The molecule has 0 radical (unpaired) electrons. The van der Waals surface area contributed by atoms with Gasteiger partial charge in [0.05, 0.1) is 4.90 Å². The van der Waals surface area contributed by atoms with Crippen LogP contribution in [0.4, 0.5) is 8.78 Å². The van der Waals surface area contributed by atoms with Crippen LogP contribution >= 0.6 is 0 Å². The Morgan fingerprint density at radius 1 is 1.35 bits per heavy atom. The van der Waals surface area contributed by atoms with Crippen LogP contribution in [0.25, 0.3) is 5.69 Å². The van der Waals surface area contributed by atoms with Gasteiger partial charge in [0, 0.05) is 24.7 Å². The van der Waals surface area contributed by atoms with Crippen molar-refractivity contribution >= 4 is 10.0 Å². The largest absolute Gasteiger partial charge is 0.303 e. The molecule has 0 aliphatic carbocycles. The molecule has 8 heteroatoms. The van der Waals surface area contributed by atoms with Crippen molar-refractivity contribution in [2.45, 2.75) is 50.9 Å². The molecular formula is C18H23F2N3O2S. The molecular weight excluding hydrogens is 360 g/mol. The van der Waals surface area contributed by atoms with Gasteiger partial charge in [0.2, 0.25) is 10.0 Å². The average molecular weight is 383 g/mol. The van der Waals surface area contributed by atoms with Crippen molar-refractivity contribution in [2.75, 3.05) is 0 Å². The number of alkyl halides is 2. The van der Waals surface area contributed by atoms with Gasteiger partial charge in [0.25, 0.3) is 5.92 Å². The first kappa shape index (κ1) is 20.3. The van der Waals surface area contributed by atoms with Crippen LogP contribution < -0.4 is 5.14 Å². The molecule has 0 bridgehead atoms. The molecule has 0 saturated heterocycles. The van der Waals surface area contributed by atoms with Crippen molar-refractivity contribution in [3.63, 3.8) is 0 Å². The van der Waals surface area contributed by atoms with E-state index >= 15 is 0 Å². The number of imidazole rings is 1. The molecule has 2 aromatic rings. The van der Waals surface area contributed by atoms with Gasteiger partial charge < -0.3 is 4.57 Å². The summed E-state index contributed by atoms with van der Waals surface area (Å²) in [5.41, 5.74) is 1.32. The predicted molar refractivity (Wildman–Crippen MR) is 97.0 cm³/mol. The maximum atomic E-state index is 13.8. The van der Waals surface area contributed by atoms with Gasteiger partial charge in [0.1, 0.15) is 11.5 Å². The maximum absolute atomic E-state index is 13.8. The molecule has 5 nitrogen and oxygen atoms in total. The van der Waals surface area contributed by atoms with E-state index in [-0.39, 0.29) is 16.5 Å². The number of primary sulfonamides is 1. The number of sulfonamides is 1. The van der Waals surface area contributed by atoms with Crippen molar-refractivity contribution in [1.29, 1.82) is 0 Å². The summed E-state index contributed by atoms with van der Waals surface area (Å²) in [4.78, 5) is 4.10. The summed E-state index contributed by atoms with van der Waals surface area (Å²) >= 11 is 0. The third kappa shape index (κ3) is 4.56. The Balaban J connectivity index is 2.57. The summed E-state index contributed by atoms with van der Waals surface area (Å²) in [6, 6.07) is 5.73. The Morgan fingerprint density at radius 3 is 2.38 bits per heavy atom. The zero-order valence-corrected chi connectivity index (χ0v) is 16.0. The van der Waals surface area contributed by atoms with E-state index in [4.69, 9.17) is 5.14 Å². The topological polar surface area (TPSA) is 78.0 Å². The van der Waals surface area contributed by atoms with Gasteiger partial charge in [-0.05, 0) is 37.6 Å². The number of hydrogen-bond donors (Lipinski definition) is 1. The quantitative estimate of drug-likeness (QED) is 0.763. The highest BCUT2D eigenvalue weighted by molar-refractivity contribution is 7.89. The first-order valence-electron chi connectivity index (χ1n) is 8.21. The Kier molecular flexibility index (Phi) is 5.67. The lowest BCUT2D eigenvalue weighted by Gasteiger charge is -2.12. The van der Waals surface area contributed by atoms with Crippen LogP contribution in [0.3, 0.4) is 0 Å². The van der Waals surface area contributed by atoms with Gasteiger partial charge in [-0.1, -0.05) is 25.5 Å². The third-order valence-electron chi connectivity index (χ3n) is 4.13. The highest BCUT2D eigenvalue weighted by Crippen LogP contribution is 2.30. The van der Waals surface area contributed by atoms with Crippen molar-refractivity contribution in [2.24, 2.45) is 5.14 Å². The van der Waals surface area contributed by atoms with Crippen LogP contribution in [0.1, 0.15) is 51.6 Å². The highest BCUT2D eigenvalue weighted by atomic mass is 32.2. The second-order valence-electron chi connectivity index (χ2n) is 6.44. The summed E-state index contributed by atoms with van der Waals surface area (Å²) in [6.45, 7) is 6.67. The fourth-order valence-electron chi connectivity index (χ4n) is 2.55. The van der Waals surface area contributed by atoms with Gasteiger partial charge in [0.15, 0.2) is 0 Å². The van der Waals surface area contributed by atoms with Crippen molar-refractivity contribution < 1.29 is 17.2 Å². The fraction of sp³-hybridized carbons (Fsp3) is 0.389. The standard InChI is InChI=1S/C18H23F2N3O2S/c1-5-12(2)10-13(3)17-22-16(18(4,19)20)11-23(17)14-6-8-15(9-7-14)26(21,24)25/h6-11,13H,5H2,1-4H3,(H2,21,24,25)/b12-10-. The molecule has 1 aromatic carbocycles. The zero-order chi connectivity index (χ0) is 19.7. The molecule has 1 atom stereocenters. The normalized spacial score (nSPS) is 14.5. The number of nitrogens with zero attached hydrogens (tertiary/aromatic N) is 2. The van der Waals surface area contributed by atoms with Crippen LogP contribution in [0.2, 0.25) is 0 Å². The van der Waals surface area contributed by atoms with E-state index in [1.165, 1.54) is 30.5 Å². The number of halogens is 2. The number of allylic oxidation sites excluding steroid dienone is 2. The molecule has 1 heterocycles. The van der Waals surface area contributed by atoms with E-state index in [2.05, 4.69) is 4.98 Å². The number of aromatic nitrogens is 2. The lowest BCUT2D eigenvalue weighted by atomic mass is 10.1. The summed E-state index contributed by atoms with van der Waals surface area (Å²) in [5.74, 6) is -2.81. The molecule has 0 amide bonds. The minimum atomic E-state index is -3.82. The fourth-order valence-corrected chi connectivity index (χ4v) is 3.07. The molecule has 0 saturated carbocycles. The Labute approximate surface area is 152 Å². The van der Waals surface area contributed by atoms with Crippen LogP contribution in [0.15, 0.2) is 47.0 Å². The van der Waals surface area contributed by atoms with Gasteiger partial charge >= 0.3 is 0 Å². The van der Waals surface area contributed by atoms with Crippen LogP contribution in [0.5, 0.6) is 0 Å². The predicted octanol–water partition coefficient (Wildman–Crippen LogP) is 4.09. The highest BCUT2D eigenvalue weighted by Gasteiger charge is 2.30. The summed E-state index contributed by atoms with van der Waals surface area (Å²) in [5, 5.41) is 5.10. The third-order valence-corrected chi connectivity index (χ3v) is 5.06. The van der Waals surface area contributed by atoms with Crippen LogP contribution in [-0.4, -0.2) is 18.0 Å². The van der Waals surface area contributed by atoms with E-state index in [1.807, 2.05) is 26.8 Å². The van der Waals surface area contributed by atoms with E-state index in [1.54, 1.807) is 4.57 Å². The zero-order valence-electron chi connectivity index (χ0n) is 15.2. The molecule has 0 aliphatic rings. The number of benzene rings is 1. The van der Waals surface area contributed by atoms with E-state index in [0.29, 0.717) is 11.5 Å². The SMILES string of the molecule is CC/C(C)=C\C(C)c1nc(C(C)(F)F)cn1-c1ccc(S(N)(=O)=O)cc1. The Morgan fingerprint density at radius 2 is 1.92 bits per heavy atom.